The minimum atomic E-state index is -4.05. The summed E-state index contributed by atoms with van der Waals surface area (Å²) in [6, 6.07) is 21.7. The van der Waals surface area contributed by atoms with Gasteiger partial charge in [-0.15, -0.1) is 0 Å². The van der Waals surface area contributed by atoms with Crippen LogP contribution in [0.25, 0.3) is 10.9 Å². The predicted octanol–water partition coefficient (Wildman–Crippen LogP) is 6.44. The molecule has 44 heavy (non-hydrogen) atoms. The van der Waals surface area contributed by atoms with Gasteiger partial charge in [0, 0.05) is 29.0 Å². The maximum absolute atomic E-state index is 13.6. The summed E-state index contributed by atoms with van der Waals surface area (Å²) in [7, 11) is -4.05. The standard InChI is InChI=1S/C32H33Cl2N3O6S/c1-22-26-18-25(33)13-14-28(26)37(16-17-42-29-12-6-5-11-27(29)34)30(22)31(38)35-44(40,41)21-24-10-7-15-36(19-24)32(39)43-20-23-8-3-2-4-9-23/h2-6,8-9,11-14,18,24H,7,10,15-17,19-21H2,1H3,(H,35,38). The first-order valence-corrected chi connectivity index (χ1v) is 16.7. The van der Waals surface area contributed by atoms with Crippen LogP contribution >= 0.6 is 23.2 Å². The zero-order valence-corrected chi connectivity index (χ0v) is 26.5. The third-order valence-corrected chi connectivity index (χ3v) is 9.54. The fourth-order valence-electron chi connectivity index (χ4n) is 5.55. The number of ether oxygens (including phenoxy) is 2. The van der Waals surface area contributed by atoms with E-state index in [9.17, 15) is 18.0 Å². The SMILES string of the molecule is Cc1c(C(=O)NS(=O)(=O)CC2CCCN(C(=O)OCc3ccccc3)C2)n(CCOc2ccccc2Cl)c2ccc(Cl)cc12. The second-order valence-corrected chi connectivity index (χ2v) is 13.4. The number of benzene rings is 3. The summed E-state index contributed by atoms with van der Waals surface area (Å²) in [6.45, 7) is 3.03. The van der Waals surface area contributed by atoms with Crippen molar-refractivity contribution >= 4 is 56.1 Å². The van der Waals surface area contributed by atoms with Gasteiger partial charge in [0.25, 0.3) is 5.91 Å². The normalized spacial score (nSPS) is 15.2. The average molecular weight is 659 g/mol. The van der Waals surface area contributed by atoms with E-state index >= 15 is 0 Å². The van der Waals surface area contributed by atoms with Crippen molar-refractivity contribution < 1.29 is 27.5 Å². The number of aryl methyl sites for hydroxylation is 1. The van der Waals surface area contributed by atoms with E-state index in [1.807, 2.05) is 30.3 Å². The highest BCUT2D eigenvalue weighted by atomic mass is 35.5. The first-order chi connectivity index (χ1) is 21.1. The van der Waals surface area contributed by atoms with Crippen molar-refractivity contribution in [1.82, 2.24) is 14.2 Å². The second kappa shape index (κ2) is 13.9. The van der Waals surface area contributed by atoms with Gasteiger partial charge in [0.05, 0.1) is 17.3 Å². The monoisotopic (exact) mass is 657 g/mol. The molecule has 1 fully saturated rings. The average Bonchev–Trinajstić information content (AvgIpc) is 3.27. The number of likely N-dealkylation sites (tertiary alicyclic amines) is 1. The summed E-state index contributed by atoms with van der Waals surface area (Å²) < 4.78 is 41.8. The number of carbonyl (C=O) groups excluding carboxylic acids is 2. The van der Waals surface area contributed by atoms with E-state index < -0.39 is 22.0 Å². The van der Waals surface area contributed by atoms with Crippen molar-refractivity contribution in [2.75, 3.05) is 25.4 Å². The topological polar surface area (TPSA) is 107 Å². The van der Waals surface area contributed by atoms with Crippen LogP contribution in [0.4, 0.5) is 4.79 Å². The predicted molar refractivity (Wildman–Crippen MR) is 171 cm³/mol. The molecular weight excluding hydrogens is 625 g/mol. The van der Waals surface area contributed by atoms with Crippen LogP contribution in [0.15, 0.2) is 72.8 Å². The number of hydrogen-bond acceptors (Lipinski definition) is 6. The lowest BCUT2D eigenvalue weighted by atomic mass is 10.0. The quantitative estimate of drug-likeness (QED) is 0.210. The summed E-state index contributed by atoms with van der Waals surface area (Å²) in [5.41, 5.74) is 2.38. The Morgan fingerprint density at radius 2 is 1.77 bits per heavy atom. The molecule has 1 aliphatic rings. The molecule has 9 nitrogen and oxygen atoms in total. The number of nitrogens with one attached hydrogen (secondary N) is 1. The number of para-hydroxylation sites is 1. The number of piperidine rings is 1. The molecule has 0 spiro atoms. The van der Waals surface area contributed by atoms with Crippen molar-refractivity contribution in [3.8, 4) is 5.75 Å². The van der Waals surface area contributed by atoms with Crippen molar-refractivity contribution in [2.24, 2.45) is 5.92 Å². The van der Waals surface area contributed by atoms with Crippen LogP contribution in [0.1, 0.15) is 34.5 Å². The summed E-state index contributed by atoms with van der Waals surface area (Å²) in [5, 5.41) is 1.69. The van der Waals surface area contributed by atoms with Gasteiger partial charge < -0.3 is 18.9 Å². The summed E-state index contributed by atoms with van der Waals surface area (Å²) in [6.07, 6.45) is 0.751. The first kappa shape index (κ1) is 31.7. The molecule has 2 heterocycles. The number of amides is 2. The summed E-state index contributed by atoms with van der Waals surface area (Å²) >= 11 is 12.5. The van der Waals surface area contributed by atoms with E-state index in [0.29, 0.717) is 46.3 Å². The number of halogens is 2. The molecular formula is C32H33Cl2N3O6S. The molecule has 4 aromatic rings. The van der Waals surface area contributed by atoms with Gasteiger partial charge in [-0.05, 0) is 67.1 Å². The zero-order chi connectivity index (χ0) is 31.3. The Hall–Kier alpha value is -3.73. The number of nitrogens with zero attached hydrogens (tertiary/aromatic N) is 2. The molecule has 0 aliphatic carbocycles. The molecule has 1 aromatic heterocycles. The number of rotatable bonds is 10. The van der Waals surface area contributed by atoms with Crippen molar-refractivity contribution in [3.63, 3.8) is 0 Å². The van der Waals surface area contributed by atoms with Crippen molar-refractivity contribution in [1.29, 1.82) is 0 Å². The molecule has 1 atom stereocenters. The molecule has 5 rings (SSSR count). The molecule has 1 aliphatic heterocycles. The van der Waals surface area contributed by atoms with Crippen LogP contribution in [-0.2, 0) is 27.9 Å². The summed E-state index contributed by atoms with van der Waals surface area (Å²) in [5.74, 6) is -0.901. The molecule has 1 N–H and O–H groups in total. The Bertz CT molecular complexity index is 1760. The fourth-order valence-corrected chi connectivity index (χ4v) is 7.26. The van der Waals surface area contributed by atoms with Gasteiger partial charge in [-0.2, -0.15) is 0 Å². The third-order valence-electron chi connectivity index (χ3n) is 7.59. The first-order valence-electron chi connectivity index (χ1n) is 14.3. The van der Waals surface area contributed by atoms with E-state index in [1.54, 1.807) is 54.0 Å². The molecule has 12 heteroatoms. The van der Waals surface area contributed by atoms with Crippen LogP contribution in [-0.4, -0.2) is 55.3 Å². The number of aromatic nitrogens is 1. The highest BCUT2D eigenvalue weighted by Gasteiger charge is 2.31. The highest BCUT2D eigenvalue weighted by Crippen LogP contribution is 2.29. The maximum atomic E-state index is 13.6. The lowest BCUT2D eigenvalue weighted by Gasteiger charge is -2.31. The molecule has 0 saturated carbocycles. The van der Waals surface area contributed by atoms with Crippen molar-refractivity contribution in [3.05, 3.63) is 99.7 Å². The van der Waals surface area contributed by atoms with E-state index in [-0.39, 0.29) is 43.7 Å². The molecule has 3 aromatic carbocycles. The summed E-state index contributed by atoms with van der Waals surface area (Å²) in [4.78, 5) is 27.8. The molecule has 1 saturated heterocycles. The van der Waals surface area contributed by atoms with Crippen molar-refractivity contribution in [2.45, 2.75) is 32.9 Å². The number of hydrogen-bond donors (Lipinski definition) is 1. The number of fused-ring (bicyclic) bond motifs is 1. The second-order valence-electron chi connectivity index (χ2n) is 10.8. The van der Waals surface area contributed by atoms with Crippen LogP contribution in [0.2, 0.25) is 10.0 Å². The third kappa shape index (κ3) is 7.67. The van der Waals surface area contributed by atoms with Gasteiger partial charge >= 0.3 is 6.09 Å². The fraction of sp³-hybridized carbons (Fsp3) is 0.312. The van der Waals surface area contributed by atoms with E-state index in [1.165, 1.54) is 4.90 Å². The minimum Gasteiger partial charge on any atom is -0.490 e. The van der Waals surface area contributed by atoms with Crippen LogP contribution < -0.4 is 9.46 Å². The lowest BCUT2D eigenvalue weighted by molar-refractivity contribution is 0.0811. The number of sulfonamides is 1. The Morgan fingerprint density at radius 1 is 1.02 bits per heavy atom. The largest absolute Gasteiger partial charge is 0.490 e. The Balaban J connectivity index is 1.26. The smallest absolute Gasteiger partial charge is 0.410 e. The van der Waals surface area contributed by atoms with E-state index in [4.69, 9.17) is 32.7 Å². The van der Waals surface area contributed by atoms with Gasteiger partial charge in [-0.1, -0.05) is 65.7 Å². The van der Waals surface area contributed by atoms with E-state index in [2.05, 4.69) is 4.72 Å². The highest BCUT2D eigenvalue weighted by molar-refractivity contribution is 7.90. The molecule has 2 amide bonds. The van der Waals surface area contributed by atoms with Gasteiger partial charge in [0.2, 0.25) is 10.0 Å². The maximum Gasteiger partial charge on any atom is 0.410 e. The molecule has 0 bridgehead atoms. The lowest BCUT2D eigenvalue weighted by Crippen LogP contribution is -2.44. The number of carbonyl (C=O) groups is 2. The Morgan fingerprint density at radius 3 is 2.55 bits per heavy atom. The van der Waals surface area contributed by atoms with Gasteiger partial charge in [0.1, 0.15) is 24.7 Å². The Labute approximate surface area is 266 Å². The van der Waals surface area contributed by atoms with Crippen LogP contribution in [0, 0.1) is 12.8 Å². The van der Waals surface area contributed by atoms with Crippen LogP contribution in [0.3, 0.4) is 0 Å². The van der Waals surface area contributed by atoms with Gasteiger partial charge in [0.15, 0.2) is 0 Å². The van der Waals surface area contributed by atoms with Gasteiger partial charge in [-0.25, -0.2) is 17.9 Å². The molecule has 1 unspecified atom stereocenters. The zero-order valence-electron chi connectivity index (χ0n) is 24.2. The molecule has 0 radical (unpaired) electrons. The van der Waals surface area contributed by atoms with Gasteiger partial charge in [-0.3, -0.25) is 4.79 Å². The minimum absolute atomic E-state index is 0.136. The van der Waals surface area contributed by atoms with E-state index in [0.717, 1.165) is 10.9 Å². The van der Waals surface area contributed by atoms with Crippen LogP contribution in [0.5, 0.6) is 5.75 Å². The Kier molecular flexibility index (Phi) is 10.0. The molecule has 232 valence electrons.